The van der Waals surface area contributed by atoms with Gasteiger partial charge >= 0.3 is 12.0 Å². The molecular formula is C14H24N2O3. The Kier molecular flexibility index (Phi) is 3.74. The van der Waals surface area contributed by atoms with E-state index in [-0.39, 0.29) is 6.03 Å². The van der Waals surface area contributed by atoms with Crippen LogP contribution in [-0.4, -0.2) is 52.1 Å². The third-order valence-electron chi connectivity index (χ3n) is 4.96. The summed E-state index contributed by atoms with van der Waals surface area (Å²) >= 11 is 0. The molecule has 2 aliphatic rings. The van der Waals surface area contributed by atoms with Crippen LogP contribution in [0.3, 0.4) is 0 Å². The van der Waals surface area contributed by atoms with E-state index in [4.69, 9.17) is 0 Å². The number of likely N-dealkylation sites (tertiary alicyclic amines) is 2. The Morgan fingerprint density at radius 3 is 2.32 bits per heavy atom. The molecule has 0 aromatic rings. The van der Waals surface area contributed by atoms with Gasteiger partial charge in [0.15, 0.2) is 0 Å². The molecule has 2 aliphatic heterocycles. The monoisotopic (exact) mass is 268 g/mol. The van der Waals surface area contributed by atoms with Crippen molar-refractivity contribution in [2.24, 2.45) is 11.8 Å². The molecule has 2 rings (SSSR count). The van der Waals surface area contributed by atoms with Gasteiger partial charge in [-0.2, -0.15) is 0 Å². The maximum atomic E-state index is 12.6. The van der Waals surface area contributed by atoms with Gasteiger partial charge in [-0.25, -0.2) is 9.59 Å². The molecule has 19 heavy (non-hydrogen) atoms. The Morgan fingerprint density at radius 1 is 1.26 bits per heavy atom. The van der Waals surface area contributed by atoms with Crippen molar-refractivity contribution in [3.05, 3.63) is 0 Å². The van der Waals surface area contributed by atoms with Gasteiger partial charge in [-0.05, 0) is 31.1 Å². The van der Waals surface area contributed by atoms with Crippen molar-refractivity contribution in [3.8, 4) is 0 Å². The first-order valence-corrected chi connectivity index (χ1v) is 7.22. The first-order valence-electron chi connectivity index (χ1n) is 7.22. The first kappa shape index (κ1) is 14.2. The van der Waals surface area contributed by atoms with Crippen LogP contribution in [0.4, 0.5) is 4.79 Å². The zero-order chi connectivity index (χ0) is 14.2. The minimum Gasteiger partial charge on any atom is -0.479 e. The van der Waals surface area contributed by atoms with Crippen molar-refractivity contribution in [1.82, 2.24) is 9.80 Å². The first-order chi connectivity index (χ1) is 8.92. The third kappa shape index (κ3) is 2.19. The van der Waals surface area contributed by atoms with Gasteiger partial charge in [0.2, 0.25) is 0 Å². The van der Waals surface area contributed by atoms with Crippen LogP contribution in [0, 0.1) is 11.8 Å². The summed E-state index contributed by atoms with van der Waals surface area (Å²) in [5.74, 6) is 0.126. The van der Waals surface area contributed by atoms with Crippen LogP contribution < -0.4 is 0 Å². The summed E-state index contributed by atoms with van der Waals surface area (Å²) < 4.78 is 0. The maximum absolute atomic E-state index is 12.6. The fourth-order valence-corrected chi connectivity index (χ4v) is 3.36. The molecule has 2 saturated heterocycles. The van der Waals surface area contributed by atoms with Gasteiger partial charge < -0.3 is 14.9 Å². The molecule has 0 aromatic heterocycles. The van der Waals surface area contributed by atoms with Crippen molar-refractivity contribution in [2.45, 2.75) is 45.6 Å². The Hall–Kier alpha value is -1.26. The van der Waals surface area contributed by atoms with Gasteiger partial charge in [-0.15, -0.1) is 0 Å². The van der Waals surface area contributed by atoms with Crippen LogP contribution in [0.2, 0.25) is 0 Å². The molecule has 0 spiro atoms. The van der Waals surface area contributed by atoms with E-state index < -0.39 is 11.5 Å². The molecule has 0 radical (unpaired) electrons. The zero-order valence-electron chi connectivity index (χ0n) is 12.1. The van der Waals surface area contributed by atoms with Crippen LogP contribution in [0.1, 0.15) is 40.0 Å². The highest BCUT2D eigenvalue weighted by Gasteiger charge is 2.50. The molecule has 0 saturated carbocycles. The van der Waals surface area contributed by atoms with Crippen LogP contribution in [0.15, 0.2) is 0 Å². The minimum absolute atomic E-state index is 0.0852. The molecule has 5 nitrogen and oxygen atoms in total. The summed E-state index contributed by atoms with van der Waals surface area (Å²) in [5, 5.41) is 9.52. The average molecular weight is 268 g/mol. The number of aliphatic carboxylic acids is 1. The normalized spacial score (nSPS) is 34.9. The second kappa shape index (κ2) is 5.02. The summed E-state index contributed by atoms with van der Waals surface area (Å²) in [5.41, 5.74) is -0.980. The van der Waals surface area contributed by atoms with E-state index in [9.17, 15) is 14.7 Å². The number of carbonyl (C=O) groups excluding carboxylic acids is 1. The van der Waals surface area contributed by atoms with Gasteiger partial charge in [0.05, 0.1) is 0 Å². The Balaban J connectivity index is 2.17. The predicted molar refractivity (Wildman–Crippen MR) is 71.9 cm³/mol. The SMILES string of the molecule is CCC1(C(=O)O)CCCN1C(=O)N1CC(C)C(C)C1. The van der Waals surface area contributed by atoms with Gasteiger partial charge in [-0.1, -0.05) is 20.8 Å². The number of carboxylic acid groups (broad SMARTS) is 1. The van der Waals surface area contributed by atoms with Crippen LogP contribution in [0.5, 0.6) is 0 Å². The standard InChI is InChI=1S/C14H24N2O3/c1-4-14(12(17)18)6-5-7-16(14)13(19)15-8-10(2)11(3)9-15/h10-11H,4-9H2,1-3H3,(H,17,18). The maximum Gasteiger partial charge on any atom is 0.329 e. The molecule has 108 valence electrons. The summed E-state index contributed by atoms with van der Waals surface area (Å²) in [6.45, 7) is 8.21. The van der Waals surface area contributed by atoms with E-state index in [2.05, 4.69) is 13.8 Å². The molecule has 2 heterocycles. The molecule has 3 atom stereocenters. The molecule has 5 heteroatoms. The van der Waals surface area contributed by atoms with Crippen LogP contribution >= 0.6 is 0 Å². The molecular weight excluding hydrogens is 244 g/mol. The number of amides is 2. The molecule has 1 N–H and O–H groups in total. The Morgan fingerprint density at radius 2 is 1.84 bits per heavy atom. The zero-order valence-corrected chi connectivity index (χ0v) is 12.1. The van der Waals surface area contributed by atoms with Crippen LogP contribution in [0.25, 0.3) is 0 Å². The third-order valence-corrected chi connectivity index (χ3v) is 4.96. The van der Waals surface area contributed by atoms with Crippen molar-refractivity contribution < 1.29 is 14.7 Å². The lowest BCUT2D eigenvalue weighted by atomic mass is 9.93. The molecule has 2 fully saturated rings. The lowest BCUT2D eigenvalue weighted by Crippen LogP contribution is -2.56. The Bertz CT molecular complexity index is 375. The van der Waals surface area contributed by atoms with Crippen LogP contribution in [-0.2, 0) is 4.79 Å². The summed E-state index contributed by atoms with van der Waals surface area (Å²) in [6, 6.07) is -0.0852. The second-order valence-electron chi connectivity index (χ2n) is 6.09. The summed E-state index contributed by atoms with van der Waals surface area (Å²) in [7, 11) is 0. The molecule has 0 bridgehead atoms. The summed E-state index contributed by atoms with van der Waals surface area (Å²) in [6.07, 6.45) is 1.83. The van der Waals surface area contributed by atoms with E-state index in [1.165, 1.54) is 0 Å². The topological polar surface area (TPSA) is 60.9 Å². The summed E-state index contributed by atoms with van der Waals surface area (Å²) in [4.78, 5) is 27.6. The van der Waals surface area contributed by atoms with Crippen molar-refractivity contribution in [3.63, 3.8) is 0 Å². The van der Waals surface area contributed by atoms with E-state index >= 15 is 0 Å². The fourth-order valence-electron chi connectivity index (χ4n) is 3.36. The molecule has 2 amide bonds. The van der Waals surface area contributed by atoms with Gasteiger partial charge in [0, 0.05) is 19.6 Å². The predicted octanol–water partition coefficient (Wildman–Crippen LogP) is 2.02. The average Bonchev–Trinajstić information content (AvgIpc) is 2.94. The quantitative estimate of drug-likeness (QED) is 0.833. The number of hydrogen-bond donors (Lipinski definition) is 1. The number of rotatable bonds is 2. The number of carboxylic acids is 1. The largest absolute Gasteiger partial charge is 0.479 e. The van der Waals surface area contributed by atoms with E-state index in [1.54, 1.807) is 4.90 Å². The van der Waals surface area contributed by atoms with Gasteiger partial charge in [0.1, 0.15) is 5.54 Å². The van der Waals surface area contributed by atoms with E-state index in [0.717, 1.165) is 19.5 Å². The van der Waals surface area contributed by atoms with E-state index in [1.807, 2.05) is 11.8 Å². The minimum atomic E-state index is -0.980. The van der Waals surface area contributed by atoms with Gasteiger partial charge in [0.25, 0.3) is 0 Å². The number of urea groups is 1. The van der Waals surface area contributed by atoms with Crippen molar-refractivity contribution in [2.75, 3.05) is 19.6 Å². The molecule has 0 aliphatic carbocycles. The van der Waals surface area contributed by atoms with E-state index in [0.29, 0.717) is 31.2 Å². The molecule has 0 aromatic carbocycles. The Labute approximate surface area is 114 Å². The highest BCUT2D eigenvalue weighted by atomic mass is 16.4. The lowest BCUT2D eigenvalue weighted by molar-refractivity contribution is -0.148. The van der Waals surface area contributed by atoms with Crippen molar-refractivity contribution in [1.29, 1.82) is 0 Å². The highest BCUT2D eigenvalue weighted by molar-refractivity contribution is 5.87. The number of nitrogens with zero attached hydrogens (tertiary/aromatic N) is 2. The van der Waals surface area contributed by atoms with Gasteiger partial charge in [-0.3, -0.25) is 0 Å². The highest BCUT2D eigenvalue weighted by Crippen LogP contribution is 2.35. The fraction of sp³-hybridized carbons (Fsp3) is 0.857. The second-order valence-corrected chi connectivity index (χ2v) is 6.09. The smallest absolute Gasteiger partial charge is 0.329 e. The number of hydrogen-bond acceptors (Lipinski definition) is 2. The van der Waals surface area contributed by atoms with Crippen molar-refractivity contribution >= 4 is 12.0 Å². The lowest BCUT2D eigenvalue weighted by Gasteiger charge is -2.36. The number of carbonyl (C=O) groups is 2. The molecule has 3 unspecified atom stereocenters.